The van der Waals surface area contributed by atoms with Crippen LogP contribution < -0.4 is 5.32 Å². The molecule has 4 heterocycles. The molecule has 4 atom stereocenters. The van der Waals surface area contributed by atoms with Crippen molar-refractivity contribution in [3.8, 4) is 0 Å². The minimum atomic E-state index is -0.00606. The van der Waals surface area contributed by atoms with Crippen LogP contribution in [0.15, 0.2) is 5.38 Å². The van der Waals surface area contributed by atoms with Gasteiger partial charge in [0.05, 0.1) is 17.9 Å². The molecule has 114 valence electrons. The fourth-order valence-electron chi connectivity index (χ4n) is 3.91. The van der Waals surface area contributed by atoms with Gasteiger partial charge in [0, 0.05) is 30.3 Å². The predicted octanol–water partition coefficient (Wildman–Crippen LogP) is 2.91. The van der Waals surface area contributed by atoms with Crippen molar-refractivity contribution in [2.45, 2.75) is 44.8 Å². The van der Waals surface area contributed by atoms with E-state index in [0.29, 0.717) is 35.1 Å². The molecule has 6 heteroatoms. The van der Waals surface area contributed by atoms with E-state index in [2.05, 4.69) is 24.1 Å². The molecule has 0 radical (unpaired) electrons. The predicted molar refractivity (Wildman–Crippen MR) is 81.7 cm³/mol. The van der Waals surface area contributed by atoms with Gasteiger partial charge in [0.1, 0.15) is 0 Å². The van der Waals surface area contributed by atoms with Crippen molar-refractivity contribution >= 4 is 22.5 Å². The Kier molecular flexibility index (Phi) is 3.19. The summed E-state index contributed by atoms with van der Waals surface area (Å²) in [6.07, 6.45) is 3.13. The second-order valence-electron chi connectivity index (χ2n) is 6.69. The number of hydrogen-bond donors (Lipinski definition) is 1. The van der Waals surface area contributed by atoms with E-state index >= 15 is 0 Å². The number of aromatic nitrogens is 1. The number of carbonyl (C=O) groups is 1. The molecule has 0 aliphatic carbocycles. The number of hydrogen-bond acceptors (Lipinski definition) is 4. The number of amides is 2. The van der Waals surface area contributed by atoms with Crippen LogP contribution in [0.3, 0.4) is 0 Å². The fraction of sp³-hybridized carbons (Fsp3) is 0.733. The first-order chi connectivity index (χ1) is 10.1. The van der Waals surface area contributed by atoms with Gasteiger partial charge < -0.3 is 9.64 Å². The lowest BCUT2D eigenvalue weighted by Gasteiger charge is -2.18. The highest BCUT2D eigenvalue weighted by molar-refractivity contribution is 7.13. The minimum Gasteiger partial charge on any atom is -0.374 e. The van der Waals surface area contributed by atoms with Gasteiger partial charge in [-0.3, -0.25) is 5.32 Å². The summed E-state index contributed by atoms with van der Waals surface area (Å²) in [5, 5.41) is 5.68. The Hall–Kier alpha value is -1.14. The molecule has 2 amide bonds. The third kappa shape index (κ3) is 2.25. The van der Waals surface area contributed by atoms with Gasteiger partial charge in [0.15, 0.2) is 5.13 Å². The van der Waals surface area contributed by atoms with Crippen molar-refractivity contribution in [1.29, 1.82) is 0 Å². The van der Waals surface area contributed by atoms with Gasteiger partial charge in [-0.2, -0.15) is 0 Å². The average molecular weight is 307 g/mol. The lowest BCUT2D eigenvalue weighted by atomic mass is 9.82. The van der Waals surface area contributed by atoms with Crippen molar-refractivity contribution in [2.24, 2.45) is 11.8 Å². The number of anilines is 1. The maximum absolute atomic E-state index is 12.4. The highest BCUT2D eigenvalue weighted by Crippen LogP contribution is 2.47. The molecule has 0 spiro atoms. The van der Waals surface area contributed by atoms with Crippen LogP contribution >= 0.6 is 11.3 Å². The first-order valence-corrected chi connectivity index (χ1v) is 8.66. The summed E-state index contributed by atoms with van der Waals surface area (Å²) in [7, 11) is 0. The van der Waals surface area contributed by atoms with Crippen LogP contribution in [-0.4, -0.2) is 41.2 Å². The number of nitrogens with one attached hydrogen (secondary N) is 1. The molecule has 3 aliphatic heterocycles. The van der Waals surface area contributed by atoms with Crippen LogP contribution in [-0.2, 0) is 4.74 Å². The number of likely N-dealkylation sites (tertiary alicyclic amines) is 1. The van der Waals surface area contributed by atoms with Crippen LogP contribution in [0.25, 0.3) is 0 Å². The van der Waals surface area contributed by atoms with E-state index in [9.17, 15) is 4.79 Å². The highest BCUT2D eigenvalue weighted by Gasteiger charge is 2.53. The van der Waals surface area contributed by atoms with E-state index in [1.165, 1.54) is 24.2 Å². The van der Waals surface area contributed by atoms with Gasteiger partial charge in [-0.25, -0.2) is 9.78 Å². The average Bonchev–Trinajstić information content (AvgIpc) is 3.20. The van der Waals surface area contributed by atoms with Crippen molar-refractivity contribution in [2.75, 3.05) is 18.4 Å². The van der Waals surface area contributed by atoms with Gasteiger partial charge in [0.2, 0.25) is 0 Å². The Morgan fingerprint density at radius 1 is 1.38 bits per heavy atom. The largest absolute Gasteiger partial charge is 0.374 e. The molecule has 4 rings (SSSR count). The SMILES string of the molecule is CC(C)c1csc(NC(=O)N2CC3C4CCC(O4)C3C2)n1. The Bertz CT molecular complexity index is 541. The Labute approximate surface area is 128 Å². The van der Waals surface area contributed by atoms with E-state index < -0.39 is 0 Å². The third-order valence-electron chi connectivity index (χ3n) is 5.07. The standard InChI is InChI=1S/C15H21N3O2S/c1-8(2)11-7-21-14(16-11)17-15(19)18-5-9-10(6-18)13-4-3-12(9)20-13/h7-10,12-13H,3-6H2,1-2H3,(H,16,17,19). The van der Waals surface area contributed by atoms with Crippen molar-refractivity contribution in [1.82, 2.24) is 9.88 Å². The number of carbonyl (C=O) groups excluding carboxylic acids is 1. The van der Waals surface area contributed by atoms with Gasteiger partial charge in [-0.15, -0.1) is 11.3 Å². The zero-order valence-electron chi connectivity index (χ0n) is 12.4. The van der Waals surface area contributed by atoms with E-state index in [4.69, 9.17) is 4.74 Å². The molecule has 1 N–H and O–H groups in total. The first kappa shape index (κ1) is 13.5. The molecule has 4 unspecified atom stereocenters. The third-order valence-corrected chi connectivity index (χ3v) is 5.84. The van der Waals surface area contributed by atoms with Crippen molar-refractivity contribution in [3.05, 3.63) is 11.1 Å². The van der Waals surface area contributed by atoms with E-state index in [0.717, 1.165) is 18.8 Å². The second-order valence-corrected chi connectivity index (χ2v) is 7.54. The van der Waals surface area contributed by atoms with Crippen LogP contribution in [0, 0.1) is 11.8 Å². The molecule has 1 aromatic rings. The molecule has 3 aliphatic rings. The van der Waals surface area contributed by atoms with Crippen LogP contribution in [0.2, 0.25) is 0 Å². The van der Waals surface area contributed by atoms with Gasteiger partial charge in [0.25, 0.3) is 0 Å². The lowest BCUT2D eigenvalue weighted by molar-refractivity contribution is 0.0747. The maximum atomic E-state index is 12.4. The number of ether oxygens (including phenoxy) is 1. The summed E-state index contributed by atoms with van der Waals surface area (Å²) in [6, 6.07) is -0.00606. The van der Waals surface area contributed by atoms with Gasteiger partial charge >= 0.3 is 6.03 Å². The zero-order valence-corrected chi connectivity index (χ0v) is 13.2. The summed E-state index contributed by atoms with van der Waals surface area (Å²) in [6.45, 7) is 5.89. The van der Waals surface area contributed by atoms with Crippen LogP contribution in [0.5, 0.6) is 0 Å². The second kappa shape index (κ2) is 4.95. The smallest absolute Gasteiger partial charge is 0.323 e. The number of fused-ring (bicyclic) bond motifs is 5. The topological polar surface area (TPSA) is 54.5 Å². The summed E-state index contributed by atoms with van der Waals surface area (Å²) in [5.41, 5.74) is 1.04. The Morgan fingerprint density at radius 3 is 2.62 bits per heavy atom. The fourth-order valence-corrected chi connectivity index (χ4v) is 4.77. The van der Waals surface area contributed by atoms with Gasteiger partial charge in [-0.05, 0) is 18.8 Å². The molecule has 3 fully saturated rings. The van der Waals surface area contributed by atoms with Gasteiger partial charge in [-0.1, -0.05) is 13.8 Å². The molecule has 5 nitrogen and oxygen atoms in total. The van der Waals surface area contributed by atoms with Crippen molar-refractivity contribution in [3.63, 3.8) is 0 Å². The molecule has 2 bridgehead atoms. The van der Waals surface area contributed by atoms with Crippen molar-refractivity contribution < 1.29 is 9.53 Å². The highest BCUT2D eigenvalue weighted by atomic mass is 32.1. The first-order valence-electron chi connectivity index (χ1n) is 7.78. The lowest BCUT2D eigenvalue weighted by Crippen LogP contribution is -2.35. The quantitative estimate of drug-likeness (QED) is 0.914. The van der Waals surface area contributed by atoms with Crippen LogP contribution in [0.1, 0.15) is 38.3 Å². The molecule has 3 saturated heterocycles. The van der Waals surface area contributed by atoms with E-state index in [1.54, 1.807) is 0 Å². The molecule has 0 saturated carbocycles. The molecular weight excluding hydrogens is 286 g/mol. The zero-order chi connectivity index (χ0) is 14.6. The molecular formula is C15H21N3O2S. The number of nitrogens with zero attached hydrogens (tertiary/aromatic N) is 2. The minimum absolute atomic E-state index is 0.00606. The summed E-state index contributed by atoms with van der Waals surface area (Å²) < 4.78 is 5.95. The normalized spacial score (nSPS) is 33.8. The summed E-state index contributed by atoms with van der Waals surface area (Å²) in [5.74, 6) is 1.50. The Balaban J connectivity index is 1.40. The molecule has 21 heavy (non-hydrogen) atoms. The van der Waals surface area contributed by atoms with E-state index in [1.807, 2.05) is 10.3 Å². The number of rotatable bonds is 2. The molecule has 1 aromatic heterocycles. The number of urea groups is 1. The van der Waals surface area contributed by atoms with E-state index in [-0.39, 0.29) is 6.03 Å². The summed E-state index contributed by atoms with van der Waals surface area (Å²) in [4.78, 5) is 18.8. The van der Waals surface area contributed by atoms with Crippen LogP contribution in [0.4, 0.5) is 9.93 Å². The maximum Gasteiger partial charge on any atom is 0.323 e. The molecule has 0 aromatic carbocycles. The summed E-state index contributed by atoms with van der Waals surface area (Å²) >= 11 is 1.51. The number of thiazole rings is 1. The monoisotopic (exact) mass is 307 g/mol. The Morgan fingerprint density at radius 2 is 2.05 bits per heavy atom.